The Morgan fingerprint density at radius 1 is 1.12 bits per heavy atom. The van der Waals surface area contributed by atoms with E-state index < -0.39 is 23.4 Å². The van der Waals surface area contributed by atoms with Crippen molar-refractivity contribution < 1.29 is 24.2 Å². The summed E-state index contributed by atoms with van der Waals surface area (Å²) in [5, 5.41) is 12.5. The van der Waals surface area contributed by atoms with Gasteiger partial charge in [-0.1, -0.05) is 46.3 Å². The number of fused-ring (bicyclic) bond motifs is 1. The Bertz CT molecular complexity index is 755. The fourth-order valence-corrected chi connectivity index (χ4v) is 6.08. The van der Waals surface area contributed by atoms with Gasteiger partial charge < -0.3 is 20.1 Å². The number of esters is 1. The minimum atomic E-state index is -0.675. The minimum Gasteiger partial charge on any atom is -0.466 e. The lowest BCUT2D eigenvalue weighted by molar-refractivity contribution is -0.155. The fourth-order valence-electron chi connectivity index (χ4n) is 6.08. The number of carbonyl (C=O) groups is 3. The highest BCUT2D eigenvalue weighted by Crippen LogP contribution is 2.46. The number of rotatable bonds is 11. The fraction of sp³-hybridized carbons (Fsp3) is 0.815. The van der Waals surface area contributed by atoms with Gasteiger partial charge in [0.2, 0.25) is 11.8 Å². The third-order valence-electron chi connectivity index (χ3n) is 6.80. The van der Waals surface area contributed by atoms with E-state index in [4.69, 9.17) is 4.74 Å². The smallest absolute Gasteiger partial charge is 0.310 e. The zero-order chi connectivity index (χ0) is 25.7. The van der Waals surface area contributed by atoms with Gasteiger partial charge in [0.05, 0.1) is 18.4 Å². The molecule has 7 heteroatoms. The van der Waals surface area contributed by atoms with Gasteiger partial charge in [0.15, 0.2) is 0 Å². The molecule has 1 fully saturated rings. The van der Waals surface area contributed by atoms with Gasteiger partial charge in [-0.05, 0) is 57.8 Å². The number of aliphatic hydroxyl groups is 1. The topological polar surface area (TPSA) is 95.9 Å². The Labute approximate surface area is 205 Å². The Balaban J connectivity index is 2.42. The molecule has 2 N–H and O–H groups in total. The molecule has 0 spiro atoms. The lowest BCUT2D eigenvalue weighted by Gasteiger charge is -2.37. The first kappa shape index (κ1) is 28.3. The van der Waals surface area contributed by atoms with E-state index in [0.29, 0.717) is 19.4 Å². The van der Waals surface area contributed by atoms with Crippen LogP contribution in [0.5, 0.6) is 0 Å². The number of hydrogen-bond acceptors (Lipinski definition) is 5. The third-order valence-corrected chi connectivity index (χ3v) is 6.80. The van der Waals surface area contributed by atoms with Crippen molar-refractivity contribution in [2.24, 2.45) is 29.1 Å². The lowest BCUT2D eigenvalue weighted by atomic mass is 9.68. The van der Waals surface area contributed by atoms with E-state index in [9.17, 15) is 19.5 Å². The number of nitrogens with zero attached hydrogens (tertiary/aromatic N) is 1. The summed E-state index contributed by atoms with van der Waals surface area (Å²) in [6.07, 6.45) is 7.63. The average molecular weight is 479 g/mol. The molecule has 0 unspecified atom stereocenters. The maximum Gasteiger partial charge on any atom is 0.310 e. The van der Waals surface area contributed by atoms with Crippen LogP contribution in [-0.2, 0) is 19.1 Å². The van der Waals surface area contributed by atoms with Gasteiger partial charge in [0.1, 0.15) is 6.04 Å². The van der Waals surface area contributed by atoms with E-state index >= 15 is 0 Å². The first-order valence-corrected chi connectivity index (χ1v) is 12.9. The molecule has 194 valence electrons. The summed E-state index contributed by atoms with van der Waals surface area (Å²) in [6, 6.07) is -0.675. The van der Waals surface area contributed by atoms with E-state index in [1.165, 1.54) is 0 Å². The van der Waals surface area contributed by atoms with Crippen molar-refractivity contribution in [1.29, 1.82) is 0 Å². The molecule has 1 aliphatic carbocycles. The Hall–Kier alpha value is -1.89. The molecule has 5 atom stereocenters. The summed E-state index contributed by atoms with van der Waals surface area (Å²) in [5.41, 5.74) is -0.421. The largest absolute Gasteiger partial charge is 0.466 e. The highest BCUT2D eigenvalue weighted by Gasteiger charge is 2.57. The van der Waals surface area contributed by atoms with Crippen molar-refractivity contribution in [1.82, 2.24) is 10.2 Å². The van der Waals surface area contributed by atoms with Crippen molar-refractivity contribution in [3.63, 3.8) is 0 Å². The molecule has 0 aromatic heterocycles. The molecule has 1 heterocycles. The van der Waals surface area contributed by atoms with Gasteiger partial charge in [-0.25, -0.2) is 0 Å². The number of aliphatic hydroxyl groups excluding tert-OH is 1. The number of ether oxygens (including phenoxy) is 1. The molecule has 2 rings (SSSR count). The predicted octanol–water partition coefficient (Wildman–Crippen LogP) is 3.70. The van der Waals surface area contributed by atoms with Crippen LogP contribution in [-0.4, -0.2) is 59.1 Å². The monoisotopic (exact) mass is 478 g/mol. The number of hydrogen-bond donors (Lipinski definition) is 2. The number of likely N-dealkylation sites (tertiary alicyclic amines) is 1. The number of nitrogens with one attached hydrogen (secondary N) is 1. The Morgan fingerprint density at radius 3 is 2.35 bits per heavy atom. The van der Waals surface area contributed by atoms with E-state index in [-0.39, 0.29) is 48.2 Å². The van der Waals surface area contributed by atoms with Crippen LogP contribution in [0.4, 0.5) is 0 Å². The second-order valence-electron chi connectivity index (χ2n) is 11.7. The number of carbonyl (C=O) groups excluding carboxylic acids is 3. The average Bonchev–Trinajstić information content (AvgIpc) is 2.98. The first-order valence-electron chi connectivity index (χ1n) is 12.9. The molecule has 1 aliphatic heterocycles. The standard InChI is InChI=1S/C27H46N2O5/c1-8-12-18-13-14-19-21(20(18)25(33)34-9-2)24(32)29(15-10-11-16-30)22(19)23(31)28-27(6,7)17-26(3,4)5/h13-14,18-22,30H,8-12,15-17H2,1-7H3,(H,28,31)/t18-,19+,20-,21-,22+/m1/s1. The second-order valence-corrected chi connectivity index (χ2v) is 11.7. The van der Waals surface area contributed by atoms with E-state index in [2.05, 4.69) is 33.0 Å². The van der Waals surface area contributed by atoms with E-state index in [0.717, 1.165) is 19.3 Å². The van der Waals surface area contributed by atoms with Gasteiger partial charge in [0, 0.05) is 24.6 Å². The van der Waals surface area contributed by atoms with Crippen LogP contribution in [0.25, 0.3) is 0 Å². The van der Waals surface area contributed by atoms with Crippen LogP contribution in [0.2, 0.25) is 0 Å². The maximum atomic E-state index is 13.8. The number of amides is 2. The summed E-state index contributed by atoms with van der Waals surface area (Å²) < 4.78 is 5.40. The van der Waals surface area contributed by atoms with Crippen molar-refractivity contribution in [2.75, 3.05) is 19.8 Å². The molecule has 2 aliphatic rings. The third kappa shape index (κ3) is 6.83. The molecule has 7 nitrogen and oxygen atoms in total. The van der Waals surface area contributed by atoms with Crippen LogP contribution in [0.1, 0.15) is 80.6 Å². The van der Waals surface area contributed by atoms with Crippen molar-refractivity contribution in [3.8, 4) is 0 Å². The molecular weight excluding hydrogens is 432 g/mol. The molecule has 0 aromatic rings. The maximum absolute atomic E-state index is 13.8. The number of allylic oxidation sites excluding steroid dienone is 1. The van der Waals surface area contributed by atoms with Crippen molar-refractivity contribution >= 4 is 17.8 Å². The lowest BCUT2D eigenvalue weighted by Crippen LogP contribution is -2.54. The van der Waals surface area contributed by atoms with Crippen LogP contribution in [0, 0.1) is 29.1 Å². The van der Waals surface area contributed by atoms with Crippen LogP contribution in [0.15, 0.2) is 12.2 Å². The molecule has 0 radical (unpaired) electrons. The molecular formula is C27H46N2O5. The summed E-state index contributed by atoms with van der Waals surface area (Å²) >= 11 is 0. The summed E-state index contributed by atoms with van der Waals surface area (Å²) in [5.74, 6) is -2.32. The SMILES string of the molecule is CCC[C@@H]1C=C[C@H]2[C@@H](C(=O)N(CCCCO)[C@@H]2C(=O)NC(C)(C)CC(C)(C)C)[C@@H]1C(=O)OCC. The quantitative estimate of drug-likeness (QED) is 0.268. The molecule has 1 saturated heterocycles. The van der Waals surface area contributed by atoms with Crippen molar-refractivity contribution in [3.05, 3.63) is 12.2 Å². The van der Waals surface area contributed by atoms with Gasteiger partial charge in [-0.3, -0.25) is 14.4 Å². The predicted molar refractivity (Wildman–Crippen MR) is 133 cm³/mol. The van der Waals surface area contributed by atoms with E-state index in [1.54, 1.807) is 11.8 Å². The van der Waals surface area contributed by atoms with Gasteiger partial charge >= 0.3 is 5.97 Å². The molecule has 0 saturated carbocycles. The second kappa shape index (κ2) is 11.7. The highest BCUT2D eigenvalue weighted by atomic mass is 16.5. The Morgan fingerprint density at radius 2 is 1.79 bits per heavy atom. The molecule has 2 amide bonds. The number of unbranched alkanes of at least 4 members (excludes halogenated alkanes) is 1. The van der Waals surface area contributed by atoms with Crippen LogP contribution < -0.4 is 5.32 Å². The van der Waals surface area contributed by atoms with Gasteiger partial charge in [-0.2, -0.15) is 0 Å². The van der Waals surface area contributed by atoms with Crippen LogP contribution >= 0.6 is 0 Å². The highest BCUT2D eigenvalue weighted by molar-refractivity contribution is 5.96. The minimum absolute atomic E-state index is 0.0265. The summed E-state index contributed by atoms with van der Waals surface area (Å²) in [7, 11) is 0. The van der Waals surface area contributed by atoms with E-state index in [1.807, 2.05) is 26.0 Å². The zero-order valence-corrected chi connectivity index (χ0v) is 22.2. The summed E-state index contributed by atoms with van der Waals surface area (Å²) in [6.45, 7) is 14.9. The molecule has 34 heavy (non-hydrogen) atoms. The van der Waals surface area contributed by atoms with Gasteiger partial charge in [0.25, 0.3) is 0 Å². The summed E-state index contributed by atoms with van der Waals surface area (Å²) in [4.78, 5) is 42.1. The normalized spacial score (nSPS) is 27.0. The first-order chi connectivity index (χ1) is 15.9. The van der Waals surface area contributed by atoms with Crippen LogP contribution in [0.3, 0.4) is 0 Å². The van der Waals surface area contributed by atoms with Crippen molar-refractivity contribution in [2.45, 2.75) is 92.2 Å². The molecule has 0 aromatic carbocycles. The zero-order valence-electron chi connectivity index (χ0n) is 22.2. The molecule has 0 bridgehead atoms. The Kier molecular flexibility index (Phi) is 9.75. The van der Waals surface area contributed by atoms with Gasteiger partial charge in [-0.15, -0.1) is 0 Å².